The normalized spacial score (nSPS) is 12.2. The molecule has 2 rings (SSSR count). The molecule has 1 aromatic heterocycles. The van der Waals surface area contributed by atoms with Crippen molar-refractivity contribution in [1.29, 1.82) is 0 Å². The zero-order valence-electron chi connectivity index (χ0n) is 10.8. The zero-order chi connectivity index (χ0) is 13.8. The number of nitrogens with zero attached hydrogens (tertiary/aromatic N) is 1. The lowest BCUT2D eigenvalue weighted by molar-refractivity contribution is 0.0898. The minimum Gasteiger partial charge on any atom is -0.351 e. The van der Waals surface area contributed by atoms with Crippen molar-refractivity contribution in [2.75, 3.05) is 0 Å². The van der Waals surface area contributed by atoms with E-state index < -0.39 is 0 Å². The van der Waals surface area contributed by atoms with Gasteiger partial charge in [0.15, 0.2) is 0 Å². The number of nitrogens with one attached hydrogen (secondary N) is 1. The fraction of sp³-hybridized carbons (Fsp3) is 0.286. The minimum atomic E-state index is -0.262. The highest BCUT2D eigenvalue weighted by Crippen LogP contribution is 2.19. The van der Waals surface area contributed by atoms with Crippen molar-refractivity contribution in [2.45, 2.75) is 26.3 Å². The highest BCUT2D eigenvalue weighted by Gasteiger charge is 2.17. The number of aromatic nitrogens is 1. The van der Waals surface area contributed by atoms with Gasteiger partial charge in [0.2, 0.25) is 5.76 Å². The third-order valence-electron chi connectivity index (χ3n) is 2.84. The van der Waals surface area contributed by atoms with Gasteiger partial charge < -0.3 is 9.84 Å². The predicted molar refractivity (Wildman–Crippen MR) is 73.2 cm³/mol. The van der Waals surface area contributed by atoms with Crippen LogP contribution >= 0.6 is 11.6 Å². The molecule has 1 N–H and O–H groups in total. The summed E-state index contributed by atoms with van der Waals surface area (Å²) in [5.74, 6) is -0.0349. The molecule has 1 aromatic carbocycles. The van der Waals surface area contributed by atoms with E-state index in [-0.39, 0.29) is 17.7 Å². The fourth-order valence-electron chi connectivity index (χ4n) is 1.82. The SMILES string of the molecule is CC[C@H](NC(=O)c1cc(C)no1)c1ccc(Cl)cc1. The quantitative estimate of drug-likeness (QED) is 0.931. The molecule has 0 spiro atoms. The van der Waals surface area contributed by atoms with Crippen LogP contribution in [0.1, 0.15) is 41.2 Å². The van der Waals surface area contributed by atoms with Gasteiger partial charge in [-0.15, -0.1) is 0 Å². The highest BCUT2D eigenvalue weighted by atomic mass is 35.5. The molecule has 0 aliphatic carbocycles. The molecule has 4 nitrogen and oxygen atoms in total. The lowest BCUT2D eigenvalue weighted by atomic mass is 10.0. The third kappa shape index (κ3) is 3.35. The summed E-state index contributed by atoms with van der Waals surface area (Å²) in [5.41, 5.74) is 1.70. The second-order valence-electron chi connectivity index (χ2n) is 4.32. The molecule has 1 atom stereocenters. The molecular weight excluding hydrogens is 264 g/mol. The van der Waals surface area contributed by atoms with Crippen LogP contribution in [0.2, 0.25) is 5.02 Å². The second-order valence-corrected chi connectivity index (χ2v) is 4.75. The molecule has 2 aromatic rings. The summed E-state index contributed by atoms with van der Waals surface area (Å²) < 4.78 is 4.94. The number of aryl methyl sites for hydroxylation is 1. The summed E-state index contributed by atoms with van der Waals surface area (Å²) in [7, 11) is 0. The maximum absolute atomic E-state index is 12.0. The molecule has 5 heteroatoms. The van der Waals surface area contributed by atoms with Gasteiger partial charge in [-0.2, -0.15) is 0 Å². The van der Waals surface area contributed by atoms with Crippen molar-refractivity contribution >= 4 is 17.5 Å². The van der Waals surface area contributed by atoms with Crippen LogP contribution in [0.3, 0.4) is 0 Å². The number of benzene rings is 1. The molecule has 1 amide bonds. The first-order valence-electron chi connectivity index (χ1n) is 6.09. The Kier molecular flexibility index (Phi) is 4.22. The molecule has 19 heavy (non-hydrogen) atoms. The number of carbonyl (C=O) groups is 1. The van der Waals surface area contributed by atoms with E-state index in [1.54, 1.807) is 13.0 Å². The standard InChI is InChI=1S/C14H15ClN2O2/c1-3-12(10-4-6-11(15)7-5-10)16-14(18)13-8-9(2)17-19-13/h4-8,12H,3H2,1-2H3,(H,16,18)/t12-/m0/s1. The summed E-state index contributed by atoms with van der Waals surface area (Å²) in [6.45, 7) is 3.78. The Morgan fingerprint density at radius 3 is 2.63 bits per heavy atom. The molecule has 0 aliphatic heterocycles. The van der Waals surface area contributed by atoms with E-state index in [0.717, 1.165) is 12.0 Å². The van der Waals surface area contributed by atoms with Crippen molar-refractivity contribution in [3.05, 3.63) is 52.4 Å². The highest BCUT2D eigenvalue weighted by molar-refractivity contribution is 6.30. The molecule has 0 radical (unpaired) electrons. The van der Waals surface area contributed by atoms with Gasteiger partial charge in [0.1, 0.15) is 0 Å². The molecule has 0 saturated carbocycles. The molecular formula is C14H15ClN2O2. The number of amides is 1. The van der Waals surface area contributed by atoms with Crippen LogP contribution in [0.4, 0.5) is 0 Å². The van der Waals surface area contributed by atoms with Crippen LogP contribution < -0.4 is 5.32 Å². The van der Waals surface area contributed by atoms with Crippen molar-refractivity contribution in [1.82, 2.24) is 10.5 Å². The van der Waals surface area contributed by atoms with Gasteiger partial charge in [0, 0.05) is 11.1 Å². The average Bonchev–Trinajstić information content (AvgIpc) is 2.84. The van der Waals surface area contributed by atoms with E-state index in [2.05, 4.69) is 10.5 Å². The Morgan fingerprint density at radius 2 is 2.11 bits per heavy atom. The van der Waals surface area contributed by atoms with Crippen molar-refractivity contribution in [2.24, 2.45) is 0 Å². The first-order chi connectivity index (χ1) is 9.10. The Hall–Kier alpha value is -1.81. The Balaban J connectivity index is 2.11. The van der Waals surface area contributed by atoms with E-state index in [0.29, 0.717) is 10.7 Å². The smallest absolute Gasteiger partial charge is 0.290 e. The topological polar surface area (TPSA) is 55.1 Å². The van der Waals surface area contributed by atoms with Gasteiger partial charge in [-0.1, -0.05) is 35.8 Å². The van der Waals surface area contributed by atoms with E-state index in [4.69, 9.17) is 16.1 Å². The van der Waals surface area contributed by atoms with Crippen LogP contribution in [-0.4, -0.2) is 11.1 Å². The zero-order valence-corrected chi connectivity index (χ0v) is 11.6. The maximum Gasteiger partial charge on any atom is 0.290 e. The first kappa shape index (κ1) is 13.6. The summed E-state index contributed by atoms with van der Waals surface area (Å²) in [6.07, 6.45) is 0.778. The molecule has 0 fully saturated rings. The van der Waals surface area contributed by atoms with Crippen molar-refractivity contribution < 1.29 is 9.32 Å². The van der Waals surface area contributed by atoms with E-state index in [1.165, 1.54) is 0 Å². The average molecular weight is 279 g/mol. The maximum atomic E-state index is 12.0. The molecule has 0 bridgehead atoms. The minimum absolute atomic E-state index is 0.0739. The summed E-state index contributed by atoms with van der Waals surface area (Å²) in [4.78, 5) is 12.0. The van der Waals surface area contributed by atoms with E-state index in [9.17, 15) is 4.79 Å². The van der Waals surface area contributed by atoms with Gasteiger partial charge in [-0.3, -0.25) is 4.79 Å². The van der Waals surface area contributed by atoms with Gasteiger partial charge >= 0.3 is 0 Å². The lowest BCUT2D eigenvalue weighted by Crippen LogP contribution is -2.27. The molecule has 100 valence electrons. The van der Waals surface area contributed by atoms with Crippen LogP contribution in [-0.2, 0) is 0 Å². The lowest BCUT2D eigenvalue weighted by Gasteiger charge is -2.16. The molecule has 0 aliphatic rings. The monoisotopic (exact) mass is 278 g/mol. The van der Waals surface area contributed by atoms with Crippen LogP contribution in [0.25, 0.3) is 0 Å². The van der Waals surface area contributed by atoms with Crippen LogP contribution in [0.15, 0.2) is 34.9 Å². The number of halogens is 1. The van der Waals surface area contributed by atoms with E-state index in [1.807, 2.05) is 31.2 Å². The Bertz CT molecular complexity index is 563. The number of hydrogen-bond donors (Lipinski definition) is 1. The van der Waals surface area contributed by atoms with Crippen LogP contribution in [0, 0.1) is 6.92 Å². The first-order valence-corrected chi connectivity index (χ1v) is 6.47. The van der Waals surface area contributed by atoms with Gasteiger partial charge in [-0.05, 0) is 31.0 Å². The van der Waals surface area contributed by atoms with E-state index >= 15 is 0 Å². The largest absolute Gasteiger partial charge is 0.351 e. The predicted octanol–water partition coefficient (Wildman–Crippen LogP) is 3.52. The van der Waals surface area contributed by atoms with Gasteiger partial charge in [-0.25, -0.2) is 0 Å². The summed E-state index contributed by atoms with van der Waals surface area (Å²) in [5, 5.41) is 7.29. The van der Waals surface area contributed by atoms with Crippen LogP contribution in [0.5, 0.6) is 0 Å². The van der Waals surface area contributed by atoms with Gasteiger partial charge in [0.25, 0.3) is 5.91 Å². The summed E-state index contributed by atoms with van der Waals surface area (Å²) >= 11 is 5.85. The summed E-state index contributed by atoms with van der Waals surface area (Å²) in [6, 6.07) is 8.97. The molecule has 1 heterocycles. The molecule has 0 saturated heterocycles. The van der Waals surface area contributed by atoms with Crippen molar-refractivity contribution in [3.8, 4) is 0 Å². The third-order valence-corrected chi connectivity index (χ3v) is 3.09. The molecule has 0 unspecified atom stereocenters. The van der Waals surface area contributed by atoms with Crippen molar-refractivity contribution in [3.63, 3.8) is 0 Å². The fourth-order valence-corrected chi connectivity index (χ4v) is 1.94. The Morgan fingerprint density at radius 1 is 1.42 bits per heavy atom. The number of rotatable bonds is 4. The Labute approximate surface area is 116 Å². The van der Waals surface area contributed by atoms with Gasteiger partial charge in [0.05, 0.1) is 11.7 Å². The number of carbonyl (C=O) groups excluding carboxylic acids is 1. The second kappa shape index (κ2) is 5.89. The number of hydrogen-bond acceptors (Lipinski definition) is 3.